The molecule has 0 aromatic carbocycles. The molecule has 0 spiro atoms. The topological polar surface area (TPSA) is 38.8 Å². The molecule has 1 heterocycles. The van der Waals surface area contributed by atoms with Crippen molar-refractivity contribution in [3.8, 4) is 0 Å². The number of esters is 1. The number of ether oxygens (including phenoxy) is 2. The van der Waals surface area contributed by atoms with Crippen molar-refractivity contribution in [3.05, 3.63) is 12.2 Å². The van der Waals surface area contributed by atoms with E-state index in [1.807, 2.05) is 0 Å². The summed E-state index contributed by atoms with van der Waals surface area (Å²) in [4.78, 5) is 11.2. The lowest BCUT2D eigenvalue weighted by Crippen LogP contribution is -2.05. The monoisotopic (exact) mass is 352 g/mol. The first-order valence-electron chi connectivity index (χ1n) is 10.6. The predicted molar refractivity (Wildman–Crippen MR) is 105 cm³/mol. The Bertz CT molecular complexity index is 347. The summed E-state index contributed by atoms with van der Waals surface area (Å²) >= 11 is 0. The van der Waals surface area contributed by atoms with Crippen molar-refractivity contribution in [1.82, 2.24) is 0 Å². The number of carbonyl (C=O) groups is 1. The van der Waals surface area contributed by atoms with E-state index in [4.69, 9.17) is 9.47 Å². The van der Waals surface area contributed by atoms with Crippen LogP contribution in [0, 0.1) is 0 Å². The molecular formula is C22H40O3. The second-order valence-electron chi connectivity index (χ2n) is 7.61. The Morgan fingerprint density at radius 1 is 0.840 bits per heavy atom. The molecule has 0 aromatic rings. The van der Waals surface area contributed by atoms with Crippen LogP contribution in [0.15, 0.2) is 12.2 Å². The number of epoxide rings is 1. The molecule has 25 heavy (non-hydrogen) atoms. The number of unbranched alkanes of at least 4 members (excludes halogenated alkanes) is 13. The van der Waals surface area contributed by atoms with Gasteiger partial charge in [0.05, 0.1) is 19.3 Å². The summed E-state index contributed by atoms with van der Waals surface area (Å²) < 4.78 is 10.3. The lowest BCUT2D eigenvalue weighted by molar-refractivity contribution is -0.139. The van der Waals surface area contributed by atoms with E-state index in [1.165, 1.54) is 83.5 Å². The molecule has 1 saturated heterocycles. The average Bonchev–Trinajstić information content (AvgIpc) is 3.41. The van der Waals surface area contributed by atoms with Gasteiger partial charge in [0.1, 0.15) is 0 Å². The van der Waals surface area contributed by atoms with Crippen LogP contribution < -0.4 is 0 Å². The molecule has 1 rings (SSSR count). The van der Waals surface area contributed by atoms with Crippen molar-refractivity contribution in [2.45, 2.75) is 109 Å². The van der Waals surface area contributed by atoms with Gasteiger partial charge in [-0.15, -0.1) is 0 Å². The molecule has 146 valence electrons. The Labute approximate surface area is 155 Å². The molecular weight excluding hydrogens is 312 g/mol. The Morgan fingerprint density at radius 3 is 1.64 bits per heavy atom. The number of hydrogen-bond donors (Lipinski definition) is 0. The van der Waals surface area contributed by atoms with E-state index in [2.05, 4.69) is 6.58 Å². The normalized spacial score (nSPS) is 16.0. The summed E-state index contributed by atoms with van der Waals surface area (Å²) in [6.07, 6.45) is 20.6. The smallest absolute Gasteiger partial charge is 0.333 e. The van der Waals surface area contributed by atoms with Gasteiger partial charge in [-0.05, 0) is 19.8 Å². The zero-order valence-electron chi connectivity index (χ0n) is 16.5. The zero-order valence-corrected chi connectivity index (χ0v) is 16.5. The maximum Gasteiger partial charge on any atom is 0.333 e. The fourth-order valence-corrected chi connectivity index (χ4v) is 3.12. The van der Waals surface area contributed by atoms with Gasteiger partial charge in [-0.1, -0.05) is 90.0 Å². The van der Waals surface area contributed by atoms with Gasteiger partial charge < -0.3 is 9.47 Å². The van der Waals surface area contributed by atoms with Gasteiger partial charge in [-0.25, -0.2) is 4.79 Å². The van der Waals surface area contributed by atoms with Gasteiger partial charge in [0.2, 0.25) is 0 Å². The third-order valence-corrected chi connectivity index (χ3v) is 4.90. The minimum absolute atomic E-state index is 0.257. The molecule has 3 nitrogen and oxygen atoms in total. The van der Waals surface area contributed by atoms with Gasteiger partial charge in [0, 0.05) is 5.57 Å². The molecule has 0 bridgehead atoms. The number of hydrogen-bond acceptors (Lipinski definition) is 3. The van der Waals surface area contributed by atoms with Gasteiger partial charge in [-0.2, -0.15) is 0 Å². The van der Waals surface area contributed by atoms with Crippen molar-refractivity contribution in [1.29, 1.82) is 0 Å². The van der Waals surface area contributed by atoms with Gasteiger partial charge in [0.25, 0.3) is 0 Å². The Kier molecular flexibility index (Phi) is 13.7. The van der Waals surface area contributed by atoms with Crippen molar-refractivity contribution in [2.75, 3.05) is 13.2 Å². The molecule has 0 N–H and O–H groups in total. The van der Waals surface area contributed by atoms with Gasteiger partial charge in [-0.3, -0.25) is 0 Å². The minimum Gasteiger partial charge on any atom is -0.462 e. The molecule has 0 saturated carbocycles. The first kappa shape index (κ1) is 22.2. The molecule has 1 fully saturated rings. The van der Waals surface area contributed by atoms with Gasteiger partial charge >= 0.3 is 5.97 Å². The summed E-state index contributed by atoms with van der Waals surface area (Å²) in [5.41, 5.74) is 0.490. The highest BCUT2D eigenvalue weighted by Gasteiger charge is 2.20. The van der Waals surface area contributed by atoms with Crippen LogP contribution in [0.1, 0.15) is 103 Å². The van der Waals surface area contributed by atoms with Crippen LogP contribution in [0.25, 0.3) is 0 Å². The van der Waals surface area contributed by atoms with E-state index in [0.29, 0.717) is 18.3 Å². The van der Waals surface area contributed by atoms with Crippen LogP contribution in [0.2, 0.25) is 0 Å². The second kappa shape index (κ2) is 15.4. The van der Waals surface area contributed by atoms with E-state index in [0.717, 1.165) is 19.4 Å². The third-order valence-electron chi connectivity index (χ3n) is 4.90. The molecule has 1 aliphatic rings. The number of rotatable bonds is 18. The van der Waals surface area contributed by atoms with E-state index >= 15 is 0 Å². The van der Waals surface area contributed by atoms with E-state index in [-0.39, 0.29) is 5.97 Å². The highest BCUT2D eigenvalue weighted by atomic mass is 16.6. The summed E-state index contributed by atoms with van der Waals surface area (Å²) in [6.45, 7) is 6.83. The maximum absolute atomic E-state index is 11.2. The molecule has 1 unspecified atom stereocenters. The molecule has 0 aliphatic carbocycles. The average molecular weight is 353 g/mol. The first-order valence-corrected chi connectivity index (χ1v) is 10.6. The highest BCUT2D eigenvalue weighted by Crippen LogP contribution is 2.18. The van der Waals surface area contributed by atoms with Crippen molar-refractivity contribution in [3.63, 3.8) is 0 Å². The van der Waals surface area contributed by atoms with Crippen LogP contribution >= 0.6 is 0 Å². The van der Waals surface area contributed by atoms with E-state index in [9.17, 15) is 4.79 Å². The summed E-state index contributed by atoms with van der Waals surface area (Å²) in [5, 5.41) is 0. The summed E-state index contributed by atoms with van der Waals surface area (Å²) in [7, 11) is 0. The Hall–Kier alpha value is -0.830. The fraction of sp³-hybridized carbons (Fsp3) is 0.864. The van der Waals surface area contributed by atoms with Crippen LogP contribution in [-0.2, 0) is 14.3 Å². The maximum atomic E-state index is 11.2. The number of carbonyl (C=O) groups excluding carboxylic acids is 1. The minimum atomic E-state index is -0.257. The van der Waals surface area contributed by atoms with E-state index < -0.39 is 0 Å². The summed E-state index contributed by atoms with van der Waals surface area (Å²) in [5.74, 6) is -0.257. The van der Waals surface area contributed by atoms with Gasteiger partial charge in [0.15, 0.2) is 0 Å². The van der Waals surface area contributed by atoms with Crippen molar-refractivity contribution >= 4 is 5.97 Å². The lowest BCUT2D eigenvalue weighted by Gasteiger charge is -2.05. The fourth-order valence-electron chi connectivity index (χ4n) is 3.12. The predicted octanol–water partition coefficient (Wildman–Crippen LogP) is 6.36. The highest BCUT2D eigenvalue weighted by molar-refractivity contribution is 5.86. The third kappa shape index (κ3) is 15.2. The molecule has 3 heteroatoms. The Morgan fingerprint density at radius 2 is 1.24 bits per heavy atom. The molecule has 0 amide bonds. The molecule has 1 aliphatic heterocycles. The van der Waals surface area contributed by atoms with Crippen LogP contribution in [0.3, 0.4) is 0 Å². The molecule has 0 aromatic heterocycles. The lowest BCUT2D eigenvalue weighted by atomic mass is 10.0. The molecule has 1 atom stereocenters. The second-order valence-corrected chi connectivity index (χ2v) is 7.61. The standard InChI is InChI=1S/C22H40O3/c1-20(2)22(23)24-18-16-14-12-10-8-6-4-3-5-7-9-11-13-15-17-21-19-25-21/h21H,1,3-19H2,2H3. The largest absolute Gasteiger partial charge is 0.462 e. The van der Waals surface area contributed by atoms with Crippen molar-refractivity contribution < 1.29 is 14.3 Å². The Balaban J connectivity index is 1.65. The van der Waals surface area contributed by atoms with Crippen LogP contribution in [0.4, 0.5) is 0 Å². The quantitative estimate of drug-likeness (QED) is 0.125. The van der Waals surface area contributed by atoms with Crippen LogP contribution in [-0.4, -0.2) is 25.3 Å². The SMILES string of the molecule is C=C(C)C(=O)OCCCCCCCCCCCCCCCCC1CO1. The van der Waals surface area contributed by atoms with Crippen molar-refractivity contribution in [2.24, 2.45) is 0 Å². The molecule has 0 radical (unpaired) electrons. The zero-order chi connectivity index (χ0) is 18.2. The van der Waals surface area contributed by atoms with Crippen LogP contribution in [0.5, 0.6) is 0 Å². The van der Waals surface area contributed by atoms with E-state index in [1.54, 1.807) is 6.92 Å². The summed E-state index contributed by atoms with van der Waals surface area (Å²) in [6, 6.07) is 0. The first-order chi connectivity index (χ1) is 12.2.